The summed E-state index contributed by atoms with van der Waals surface area (Å²) in [6.45, 7) is 5.99. The van der Waals surface area contributed by atoms with E-state index in [1.807, 2.05) is 38.1 Å². The van der Waals surface area contributed by atoms with Gasteiger partial charge in [0.15, 0.2) is 0 Å². The zero-order chi connectivity index (χ0) is 14.3. The van der Waals surface area contributed by atoms with Gasteiger partial charge in [0.2, 0.25) is 5.78 Å². The second-order valence-corrected chi connectivity index (χ2v) is 6.14. The van der Waals surface area contributed by atoms with E-state index in [2.05, 4.69) is 24.0 Å². The van der Waals surface area contributed by atoms with Crippen LogP contribution >= 0.6 is 11.8 Å². The lowest BCUT2D eigenvalue weighted by Gasteiger charge is -2.01. The molecule has 2 nitrogen and oxygen atoms in total. The zero-order valence-electron chi connectivity index (χ0n) is 11.7. The molecule has 1 aliphatic rings. The van der Waals surface area contributed by atoms with Crippen molar-refractivity contribution in [3.63, 3.8) is 0 Å². The van der Waals surface area contributed by atoms with Crippen LogP contribution in [0, 0.1) is 20.8 Å². The van der Waals surface area contributed by atoms with E-state index in [-0.39, 0.29) is 5.78 Å². The van der Waals surface area contributed by atoms with Crippen molar-refractivity contribution < 1.29 is 4.79 Å². The molecule has 2 aromatic rings. The minimum atomic E-state index is 0.0931. The number of hydrogen-bond donors (Lipinski definition) is 0. The van der Waals surface area contributed by atoms with E-state index in [9.17, 15) is 4.79 Å². The van der Waals surface area contributed by atoms with Crippen LogP contribution in [-0.2, 0) is 0 Å². The number of carbonyl (C=O) groups excluding carboxylic acids is 1. The van der Waals surface area contributed by atoms with Gasteiger partial charge in [0, 0.05) is 5.69 Å². The Balaban J connectivity index is 2.01. The van der Waals surface area contributed by atoms with Gasteiger partial charge < -0.3 is 0 Å². The average Bonchev–Trinajstić information content (AvgIpc) is 2.69. The van der Waals surface area contributed by atoms with E-state index in [0.717, 1.165) is 32.3 Å². The first kappa shape index (κ1) is 13.1. The SMILES string of the molecule is Cc1ccc(/C=C2\Sc3nc(C)cc(C)c3C2=O)cc1. The van der Waals surface area contributed by atoms with Crippen LogP contribution < -0.4 is 0 Å². The molecular weight excluding hydrogens is 266 g/mol. The molecule has 0 aliphatic carbocycles. The topological polar surface area (TPSA) is 30.0 Å². The number of aryl methyl sites for hydroxylation is 3. The molecule has 2 heterocycles. The molecule has 0 atom stereocenters. The molecule has 3 rings (SSSR count). The summed E-state index contributed by atoms with van der Waals surface area (Å²) in [4.78, 5) is 17.7. The minimum absolute atomic E-state index is 0.0931. The Morgan fingerprint density at radius 2 is 1.80 bits per heavy atom. The third kappa shape index (κ3) is 2.29. The molecule has 1 aromatic carbocycles. The number of rotatable bonds is 1. The molecule has 3 heteroatoms. The summed E-state index contributed by atoms with van der Waals surface area (Å²) < 4.78 is 0. The van der Waals surface area contributed by atoms with Gasteiger partial charge in [-0.25, -0.2) is 4.98 Å². The average molecular weight is 281 g/mol. The monoisotopic (exact) mass is 281 g/mol. The van der Waals surface area contributed by atoms with Crippen LogP contribution in [0.15, 0.2) is 40.3 Å². The lowest BCUT2D eigenvalue weighted by molar-refractivity contribution is 0.104. The van der Waals surface area contributed by atoms with Crippen molar-refractivity contribution in [1.29, 1.82) is 0 Å². The summed E-state index contributed by atoms with van der Waals surface area (Å²) >= 11 is 1.47. The van der Waals surface area contributed by atoms with Crippen molar-refractivity contribution in [3.8, 4) is 0 Å². The number of Topliss-reactive ketones (excluding diaryl/α,β-unsaturated/α-hetero) is 1. The largest absolute Gasteiger partial charge is 0.288 e. The van der Waals surface area contributed by atoms with Gasteiger partial charge in [-0.15, -0.1) is 0 Å². The Bertz CT molecular complexity index is 729. The molecular formula is C17H15NOS. The molecule has 0 fully saturated rings. The first-order chi connectivity index (χ1) is 9.54. The predicted molar refractivity (Wildman–Crippen MR) is 83.1 cm³/mol. The summed E-state index contributed by atoms with van der Waals surface area (Å²) in [6, 6.07) is 10.1. The van der Waals surface area contributed by atoms with Crippen LogP contribution in [0.4, 0.5) is 0 Å². The number of carbonyl (C=O) groups is 1. The predicted octanol–water partition coefficient (Wildman–Crippen LogP) is 4.34. The number of hydrogen-bond acceptors (Lipinski definition) is 3. The number of allylic oxidation sites excluding steroid dienone is 1. The molecule has 1 aliphatic heterocycles. The van der Waals surface area contributed by atoms with Crippen LogP contribution in [0.2, 0.25) is 0 Å². The van der Waals surface area contributed by atoms with Crippen molar-refractivity contribution >= 4 is 23.6 Å². The minimum Gasteiger partial charge on any atom is -0.288 e. The van der Waals surface area contributed by atoms with E-state index >= 15 is 0 Å². The van der Waals surface area contributed by atoms with E-state index < -0.39 is 0 Å². The summed E-state index contributed by atoms with van der Waals surface area (Å²) in [5.74, 6) is 0.0931. The number of fused-ring (bicyclic) bond motifs is 1. The lowest BCUT2D eigenvalue weighted by Crippen LogP contribution is -1.99. The molecule has 0 saturated carbocycles. The van der Waals surface area contributed by atoms with Crippen LogP contribution in [0.5, 0.6) is 0 Å². The highest BCUT2D eigenvalue weighted by atomic mass is 32.2. The van der Waals surface area contributed by atoms with Gasteiger partial charge in [0.1, 0.15) is 5.03 Å². The van der Waals surface area contributed by atoms with Crippen LogP contribution in [0.25, 0.3) is 6.08 Å². The van der Waals surface area contributed by atoms with Gasteiger partial charge in [-0.1, -0.05) is 41.6 Å². The Morgan fingerprint density at radius 3 is 2.50 bits per heavy atom. The van der Waals surface area contributed by atoms with Crippen molar-refractivity contribution in [2.45, 2.75) is 25.8 Å². The Labute approximate surface area is 122 Å². The van der Waals surface area contributed by atoms with Gasteiger partial charge in [-0.05, 0) is 44.0 Å². The van der Waals surface area contributed by atoms with Crippen LogP contribution in [0.3, 0.4) is 0 Å². The second kappa shape index (κ2) is 4.91. The number of pyridine rings is 1. The second-order valence-electron chi connectivity index (χ2n) is 5.11. The van der Waals surface area contributed by atoms with Gasteiger partial charge >= 0.3 is 0 Å². The summed E-state index contributed by atoms with van der Waals surface area (Å²) in [7, 11) is 0. The molecule has 0 spiro atoms. The number of nitrogens with zero attached hydrogens (tertiary/aromatic N) is 1. The molecule has 0 amide bonds. The molecule has 100 valence electrons. The molecule has 1 aromatic heterocycles. The molecule has 0 unspecified atom stereocenters. The highest BCUT2D eigenvalue weighted by molar-refractivity contribution is 8.04. The highest BCUT2D eigenvalue weighted by Crippen LogP contribution is 2.41. The number of benzene rings is 1. The van der Waals surface area contributed by atoms with Crippen LogP contribution in [0.1, 0.15) is 32.7 Å². The Morgan fingerprint density at radius 1 is 1.10 bits per heavy atom. The maximum atomic E-state index is 12.5. The van der Waals surface area contributed by atoms with Crippen molar-refractivity contribution in [3.05, 3.63) is 63.2 Å². The number of thioether (sulfide) groups is 1. The summed E-state index contributed by atoms with van der Waals surface area (Å²) in [5.41, 5.74) is 5.00. The fourth-order valence-electron chi connectivity index (χ4n) is 2.34. The van der Waals surface area contributed by atoms with Crippen LogP contribution in [-0.4, -0.2) is 10.8 Å². The smallest absolute Gasteiger partial charge is 0.202 e. The maximum absolute atomic E-state index is 12.5. The molecule has 0 N–H and O–H groups in total. The standard InChI is InChI=1S/C17H15NOS/c1-10-4-6-13(7-5-10)9-14-16(19)15-11(2)8-12(3)18-17(15)20-14/h4-9H,1-3H3/b14-9-. The van der Waals surface area contributed by atoms with E-state index in [4.69, 9.17) is 0 Å². The Kier molecular flexibility index (Phi) is 3.22. The molecule has 0 bridgehead atoms. The van der Waals surface area contributed by atoms with E-state index in [1.54, 1.807) is 0 Å². The first-order valence-electron chi connectivity index (χ1n) is 6.54. The van der Waals surface area contributed by atoms with Crippen molar-refractivity contribution in [1.82, 2.24) is 4.98 Å². The van der Waals surface area contributed by atoms with Gasteiger partial charge in [-0.2, -0.15) is 0 Å². The lowest BCUT2D eigenvalue weighted by atomic mass is 10.1. The molecule has 0 saturated heterocycles. The quantitative estimate of drug-likeness (QED) is 0.728. The fourth-order valence-corrected chi connectivity index (χ4v) is 3.48. The maximum Gasteiger partial charge on any atom is 0.202 e. The van der Waals surface area contributed by atoms with Gasteiger partial charge in [0.25, 0.3) is 0 Å². The Hall–Kier alpha value is -1.87. The fraction of sp³-hybridized carbons (Fsp3) is 0.176. The number of ketones is 1. The van der Waals surface area contributed by atoms with E-state index in [0.29, 0.717) is 0 Å². The molecule has 0 radical (unpaired) electrons. The van der Waals surface area contributed by atoms with E-state index in [1.165, 1.54) is 17.3 Å². The summed E-state index contributed by atoms with van der Waals surface area (Å²) in [6.07, 6.45) is 1.95. The first-order valence-corrected chi connectivity index (χ1v) is 7.35. The van der Waals surface area contributed by atoms with Crippen molar-refractivity contribution in [2.24, 2.45) is 0 Å². The third-order valence-electron chi connectivity index (χ3n) is 3.34. The third-order valence-corrected chi connectivity index (χ3v) is 4.36. The van der Waals surface area contributed by atoms with Crippen molar-refractivity contribution in [2.75, 3.05) is 0 Å². The van der Waals surface area contributed by atoms with Gasteiger partial charge in [0.05, 0.1) is 10.5 Å². The highest BCUT2D eigenvalue weighted by Gasteiger charge is 2.29. The molecule has 20 heavy (non-hydrogen) atoms. The zero-order valence-corrected chi connectivity index (χ0v) is 12.5. The normalized spacial score (nSPS) is 15.8. The summed E-state index contributed by atoms with van der Waals surface area (Å²) in [5, 5.41) is 0.839. The number of aromatic nitrogens is 1. The van der Waals surface area contributed by atoms with Gasteiger partial charge in [-0.3, -0.25) is 4.79 Å².